The van der Waals surface area contributed by atoms with Gasteiger partial charge in [-0.15, -0.1) is 0 Å². The molecule has 0 heteroatoms. The van der Waals surface area contributed by atoms with E-state index in [2.05, 4.69) is 64.2 Å². The normalized spacial score (nSPS) is 13.5. The van der Waals surface area contributed by atoms with Crippen molar-refractivity contribution in [2.75, 3.05) is 0 Å². The van der Waals surface area contributed by atoms with Crippen LogP contribution in [0.4, 0.5) is 0 Å². The van der Waals surface area contributed by atoms with Crippen molar-refractivity contribution >= 4 is 0 Å². The lowest BCUT2D eigenvalue weighted by atomic mass is 9.96. The van der Waals surface area contributed by atoms with Crippen molar-refractivity contribution in [2.45, 2.75) is 59.8 Å². The van der Waals surface area contributed by atoms with Crippen LogP contribution < -0.4 is 0 Å². The zero-order valence-electron chi connectivity index (χ0n) is 11.5. The second kappa shape index (κ2) is 9.45. The third-order valence-corrected chi connectivity index (χ3v) is 2.19. The summed E-state index contributed by atoms with van der Waals surface area (Å²) in [5.74, 6) is 0. The average molecular weight is 220 g/mol. The first-order chi connectivity index (χ1) is 7.56. The maximum atomic E-state index is 2.30. The van der Waals surface area contributed by atoms with Gasteiger partial charge in [0.25, 0.3) is 0 Å². The standard InChI is InChI=1S/C16H28/c1-5-6-7-8-9-10-11-12-13-14-15-16(2,3)4/h6-7,10-11,14-15H,5,8-9,12-13H2,1-4H3. The Balaban J connectivity index is 3.41. The Morgan fingerprint density at radius 3 is 1.56 bits per heavy atom. The van der Waals surface area contributed by atoms with Crippen LogP contribution in [-0.4, -0.2) is 0 Å². The molecule has 0 saturated heterocycles. The summed E-state index contributed by atoms with van der Waals surface area (Å²) in [6.07, 6.45) is 19.5. The van der Waals surface area contributed by atoms with Crippen LogP contribution >= 0.6 is 0 Å². The summed E-state index contributed by atoms with van der Waals surface area (Å²) in [5, 5.41) is 0. The predicted octanol–water partition coefficient (Wildman–Crippen LogP) is 5.67. The smallest absolute Gasteiger partial charge is 0.0203 e. The zero-order chi connectivity index (χ0) is 12.3. The molecule has 16 heavy (non-hydrogen) atoms. The molecule has 92 valence electrons. The van der Waals surface area contributed by atoms with E-state index >= 15 is 0 Å². The van der Waals surface area contributed by atoms with Crippen molar-refractivity contribution < 1.29 is 0 Å². The van der Waals surface area contributed by atoms with E-state index in [1.165, 1.54) is 25.7 Å². The van der Waals surface area contributed by atoms with Gasteiger partial charge < -0.3 is 0 Å². The number of hydrogen-bond donors (Lipinski definition) is 0. The zero-order valence-corrected chi connectivity index (χ0v) is 11.5. The Bertz CT molecular complexity index is 223. The maximum Gasteiger partial charge on any atom is -0.0203 e. The van der Waals surface area contributed by atoms with Crippen molar-refractivity contribution in [1.29, 1.82) is 0 Å². The van der Waals surface area contributed by atoms with Gasteiger partial charge in [-0.05, 0) is 37.5 Å². The lowest BCUT2D eigenvalue weighted by molar-refractivity contribution is 0.542. The fourth-order valence-electron chi connectivity index (χ4n) is 1.34. The highest BCUT2D eigenvalue weighted by atomic mass is 14.1. The van der Waals surface area contributed by atoms with Crippen molar-refractivity contribution in [2.24, 2.45) is 5.41 Å². The van der Waals surface area contributed by atoms with Crippen LogP contribution in [0.25, 0.3) is 0 Å². The predicted molar refractivity (Wildman–Crippen MR) is 75.6 cm³/mol. The van der Waals surface area contributed by atoms with Crippen molar-refractivity contribution in [3.05, 3.63) is 36.5 Å². The summed E-state index contributed by atoms with van der Waals surface area (Å²) in [4.78, 5) is 0. The van der Waals surface area contributed by atoms with Gasteiger partial charge >= 0.3 is 0 Å². The molecule has 0 saturated carbocycles. The molecular weight excluding hydrogens is 192 g/mol. The number of allylic oxidation sites excluding steroid dienone is 6. The Hall–Kier alpha value is -0.780. The van der Waals surface area contributed by atoms with E-state index in [1.54, 1.807) is 0 Å². The lowest BCUT2D eigenvalue weighted by Gasteiger charge is -2.10. The van der Waals surface area contributed by atoms with Crippen LogP contribution in [0, 0.1) is 5.41 Å². The van der Waals surface area contributed by atoms with E-state index in [1.807, 2.05) is 0 Å². The molecule has 0 aliphatic carbocycles. The number of rotatable bonds is 7. The lowest BCUT2D eigenvalue weighted by Crippen LogP contribution is -1.97. The van der Waals surface area contributed by atoms with E-state index in [-0.39, 0.29) is 0 Å². The second-order valence-corrected chi connectivity index (χ2v) is 5.27. The van der Waals surface area contributed by atoms with E-state index < -0.39 is 0 Å². The molecule has 0 radical (unpaired) electrons. The summed E-state index contributed by atoms with van der Waals surface area (Å²) >= 11 is 0. The number of unbranched alkanes of at least 4 members (excludes halogenated alkanes) is 2. The van der Waals surface area contributed by atoms with Crippen LogP contribution in [0.5, 0.6) is 0 Å². The van der Waals surface area contributed by atoms with Crippen LogP contribution in [0.3, 0.4) is 0 Å². The highest BCUT2D eigenvalue weighted by molar-refractivity contribution is 4.94. The van der Waals surface area contributed by atoms with Crippen molar-refractivity contribution in [3.8, 4) is 0 Å². The third-order valence-electron chi connectivity index (χ3n) is 2.19. The van der Waals surface area contributed by atoms with Gasteiger partial charge in [-0.1, -0.05) is 64.2 Å². The molecule has 0 N–H and O–H groups in total. The van der Waals surface area contributed by atoms with Gasteiger partial charge in [0, 0.05) is 0 Å². The molecule has 0 spiro atoms. The molecular formula is C16H28. The van der Waals surface area contributed by atoms with E-state index in [0.29, 0.717) is 5.41 Å². The van der Waals surface area contributed by atoms with Gasteiger partial charge in [0.2, 0.25) is 0 Å². The molecule has 0 unspecified atom stereocenters. The summed E-state index contributed by atoms with van der Waals surface area (Å²) in [6, 6.07) is 0. The fourth-order valence-corrected chi connectivity index (χ4v) is 1.34. The van der Waals surface area contributed by atoms with Gasteiger partial charge in [0.15, 0.2) is 0 Å². The molecule has 0 aromatic carbocycles. The van der Waals surface area contributed by atoms with Crippen LogP contribution in [-0.2, 0) is 0 Å². The SMILES string of the molecule is CCC=CCCC=CCCC=CC(C)(C)C. The molecule has 0 fully saturated rings. The van der Waals surface area contributed by atoms with Gasteiger partial charge in [0.05, 0.1) is 0 Å². The first-order valence-electron chi connectivity index (χ1n) is 6.54. The van der Waals surface area contributed by atoms with Gasteiger partial charge in [-0.2, -0.15) is 0 Å². The van der Waals surface area contributed by atoms with Gasteiger partial charge in [-0.25, -0.2) is 0 Å². The Kier molecular flexibility index (Phi) is 8.99. The first-order valence-corrected chi connectivity index (χ1v) is 6.54. The average Bonchev–Trinajstić information content (AvgIpc) is 2.19. The van der Waals surface area contributed by atoms with Crippen molar-refractivity contribution in [1.82, 2.24) is 0 Å². The fraction of sp³-hybridized carbons (Fsp3) is 0.625. The Labute approximate surface area is 102 Å². The van der Waals surface area contributed by atoms with Crippen LogP contribution in [0.1, 0.15) is 59.8 Å². The largest absolute Gasteiger partial charge is 0.0888 e. The molecule has 0 aliphatic heterocycles. The minimum absolute atomic E-state index is 0.328. The van der Waals surface area contributed by atoms with Crippen molar-refractivity contribution in [3.63, 3.8) is 0 Å². The quantitative estimate of drug-likeness (QED) is 0.383. The van der Waals surface area contributed by atoms with Crippen LogP contribution in [0.2, 0.25) is 0 Å². The highest BCUT2D eigenvalue weighted by Gasteiger charge is 2.01. The minimum atomic E-state index is 0.328. The highest BCUT2D eigenvalue weighted by Crippen LogP contribution is 2.15. The van der Waals surface area contributed by atoms with E-state index in [4.69, 9.17) is 0 Å². The van der Waals surface area contributed by atoms with Crippen LogP contribution in [0.15, 0.2) is 36.5 Å². The monoisotopic (exact) mass is 220 g/mol. The van der Waals surface area contributed by atoms with Gasteiger partial charge in [0.1, 0.15) is 0 Å². The summed E-state index contributed by atoms with van der Waals surface area (Å²) in [7, 11) is 0. The first kappa shape index (κ1) is 15.2. The molecule has 0 nitrogen and oxygen atoms in total. The Morgan fingerprint density at radius 2 is 1.12 bits per heavy atom. The second-order valence-electron chi connectivity index (χ2n) is 5.27. The molecule has 0 heterocycles. The maximum absolute atomic E-state index is 2.30. The molecule has 0 bridgehead atoms. The molecule has 0 aromatic rings. The molecule has 0 amide bonds. The Morgan fingerprint density at radius 1 is 0.688 bits per heavy atom. The molecule has 0 aliphatic rings. The van der Waals surface area contributed by atoms with Gasteiger partial charge in [-0.3, -0.25) is 0 Å². The summed E-state index contributed by atoms with van der Waals surface area (Å²) in [6.45, 7) is 8.88. The number of hydrogen-bond acceptors (Lipinski definition) is 0. The third kappa shape index (κ3) is 13.2. The molecule has 0 aromatic heterocycles. The van der Waals surface area contributed by atoms with E-state index in [9.17, 15) is 0 Å². The van der Waals surface area contributed by atoms with E-state index in [0.717, 1.165) is 6.42 Å². The topological polar surface area (TPSA) is 0 Å². The summed E-state index contributed by atoms with van der Waals surface area (Å²) in [5.41, 5.74) is 0.328. The summed E-state index contributed by atoms with van der Waals surface area (Å²) < 4.78 is 0. The molecule has 0 atom stereocenters. The minimum Gasteiger partial charge on any atom is -0.0888 e. The molecule has 0 rings (SSSR count).